The van der Waals surface area contributed by atoms with Crippen LogP contribution in [0.4, 0.5) is 0 Å². The molecule has 2 atom stereocenters. The number of carbonyl (C=O) groups excluding carboxylic acids is 1. The fraction of sp³-hybridized carbons (Fsp3) is 0.938. The quantitative estimate of drug-likeness (QED) is 0.302. The number of rotatable bonds is 12. The van der Waals surface area contributed by atoms with Gasteiger partial charge in [0.05, 0.1) is 19.3 Å². The monoisotopic (exact) mass is 270 g/mol. The highest BCUT2D eigenvalue weighted by Gasteiger charge is 2.37. The fourth-order valence-electron chi connectivity index (χ4n) is 2.54. The molecule has 0 bridgehead atoms. The summed E-state index contributed by atoms with van der Waals surface area (Å²) in [6.07, 6.45) is 14.0. The van der Waals surface area contributed by atoms with Gasteiger partial charge >= 0.3 is 5.97 Å². The van der Waals surface area contributed by atoms with Crippen LogP contribution in [0.5, 0.6) is 0 Å². The number of ether oxygens (including phenoxy) is 2. The summed E-state index contributed by atoms with van der Waals surface area (Å²) >= 11 is 0. The van der Waals surface area contributed by atoms with Gasteiger partial charge in [-0.15, -0.1) is 0 Å². The van der Waals surface area contributed by atoms with Gasteiger partial charge in [0, 0.05) is 6.42 Å². The minimum absolute atomic E-state index is 0.107. The summed E-state index contributed by atoms with van der Waals surface area (Å²) in [6, 6.07) is 0. The molecule has 1 rings (SSSR count). The first-order valence-corrected chi connectivity index (χ1v) is 8.00. The number of hydrogen-bond acceptors (Lipinski definition) is 3. The van der Waals surface area contributed by atoms with E-state index in [1.165, 1.54) is 58.5 Å². The molecular weight excluding hydrogens is 240 g/mol. The number of carbonyl (C=O) groups is 1. The molecule has 1 aliphatic heterocycles. The summed E-state index contributed by atoms with van der Waals surface area (Å²) in [6.45, 7) is 2.25. The third kappa shape index (κ3) is 8.25. The topological polar surface area (TPSA) is 38.8 Å². The third-order valence-electron chi connectivity index (χ3n) is 3.88. The summed E-state index contributed by atoms with van der Waals surface area (Å²) in [5, 5.41) is 0. The first-order chi connectivity index (χ1) is 9.27. The van der Waals surface area contributed by atoms with Crippen molar-refractivity contribution < 1.29 is 14.3 Å². The molecule has 2 unspecified atom stereocenters. The highest BCUT2D eigenvalue weighted by molar-refractivity contribution is 5.68. The zero-order valence-electron chi connectivity index (χ0n) is 12.7. The zero-order valence-corrected chi connectivity index (χ0v) is 12.7. The molecule has 0 amide bonds. The molecule has 0 N–H and O–H groups in total. The van der Waals surface area contributed by atoms with Gasteiger partial charge in [-0.3, -0.25) is 4.79 Å². The Bertz CT molecular complexity index is 240. The standard InChI is InChI=1S/C16H30O3/c1-3-4-5-6-7-8-9-11-14-15(19-14)12-10-13-16(17)18-2/h14-15H,3-13H2,1-2H3. The van der Waals surface area contributed by atoms with Crippen molar-refractivity contribution in [2.24, 2.45) is 0 Å². The van der Waals surface area contributed by atoms with E-state index < -0.39 is 0 Å². The summed E-state index contributed by atoms with van der Waals surface area (Å²) in [7, 11) is 1.44. The van der Waals surface area contributed by atoms with Crippen LogP contribution in [0.2, 0.25) is 0 Å². The summed E-state index contributed by atoms with van der Waals surface area (Å²) in [5.41, 5.74) is 0. The molecule has 1 aliphatic rings. The van der Waals surface area contributed by atoms with E-state index in [0.717, 1.165) is 12.8 Å². The molecule has 0 radical (unpaired) electrons. The second-order valence-electron chi connectivity index (χ2n) is 5.59. The van der Waals surface area contributed by atoms with Crippen molar-refractivity contribution >= 4 is 5.97 Å². The van der Waals surface area contributed by atoms with E-state index in [4.69, 9.17) is 4.74 Å². The first-order valence-electron chi connectivity index (χ1n) is 8.00. The van der Waals surface area contributed by atoms with Crippen LogP contribution >= 0.6 is 0 Å². The molecule has 1 saturated heterocycles. The van der Waals surface area contributed by atoms with E-state index in [-0.39, 0.29) is 5.97 Å². The van der Waals surface area contributed by atoms with Crippen LogP contribution in [0.3, 0.4) is 0 Å². The summed E-state index contributed by atoms with van der Waals surface area (Å²) in [5.74, 6) is -0.107. The molecule has 1 heterocycles. The van der Waals surface area contributed by atoms with Gasteiger partial charge in [0.1, 0.15) is 0 Å². The molecular formula is C16H30O3. The van der Waals surface area contributed by atoms with Crippen molar-refractivity contribution in [2.75, 3.05) is 7.11 Å². The molecule has 1 fully saturated rings. The molecule has 19 heavy (non-hydrogen) atoms. The molecule has 3 nitrogen and oxygen atoms in total. The van der Waals surface area contributed by atoms with E-state index in [0.29, 0.717) is 18.6 Å². The zero-order chi connectivity index (χ0) is 13.9. The minimum atomic E-state index is -0.107. The molecule has 0 aromatic carbocycles. The van der Waals surface area contributed by atoms with Crippen LogP contribution < -0.4 is 0 Å². The van der Waals surface area contributed by atoms with Gasteiger partial charge in [-0.25, -0.2) is 0 Å². The largest absolute Gasteiger partial charge is 0.469 e. The van der Waals surface area contributed by atoms with Gasteiger partial charge in [-0.05, 0) is 19.3 Å². The van der Waals surface area contributed by atoms with Crippen molar-refractivity contribution in [2.45, 2.75) is 89.8 Å². The second-order valence-corrected chi connectivity index (χ2v) is 5.59. The average Bonchev–Trinajstić information content (AvgIpc) is 3.16. The Kier molecular flexibility index (Phi) is 8.89. The lowest BCUT2D eigenvalue weighted by atomic mass is 10.0. The van der Waals surface area contributed by atoms with Crippen LogP contribution in [0.15, 0.2) is 0 Å². The summed E-state index contributed by atoms with van der Waals surface area (Å²) in [4.78, 5) is 11.0. The third-order valence-corrected chi connectivity index (χ3v) is 3.88. The van der Waals surface area contributed by atoms with E-state index in [9.17, 15) is 4.79 Å². The van der Waals surface area contributed by atoms with Crippen molar-refractivity contribution in [3.8, 4) is 0 Å². The van der Waals surface area contributed by atoms with Crippen molar-refractivity contribution in [3.63, 3.8) is 0 Å². The smallest absolute Gasteiger partial charge is 0.305 e. The average molecular weight is 270 g/mol. The van der Waals surface area contributed by atoms with E-state index in [1.807, 2.05) is 0 Å². The Morgan fingerprint density at radius 3 is 2.16 bits per heavy atom. The molecule has 0 saturated carbocycles. The van der Waals surface area contributed by atoms with Gasteiger partial charge < -0.3 is 9.47 Å². The van der Waals surface area contributed by atoms with Crippen molar-refractivity contribution in [1.29, 1.82) is 0 Å². The normalized spacial score (nSPS) is 21.4. The Balaban J connectivity index is 1.82. The van der Waals surface area contributed by atoms with Crippen molar-refractivity contribution in [3.05, 3.63) is 0 Å². The van der Waals surface area contributed by atoms with Crippen LogP contribution in [0, 0.1) is 0 Å². The first kappa shape index (κ1) is 16.5. The Hall–Kier alpha value is -0.570. The Morgan fingerprint density at radius 1 is 0.947 bits per heavy atom. The maximum atomic E-state index is 11.0. The van der Waals surface area contributed by atoms with E-state index in [1.54, 1.807) is 0 Å². The van der Waals surface area contributed by atoms with Crippen LogP contribution in [-0.4, -0.2) is 25.3 Å². The number of methoxy groups -OCH3 is 1. The predicted octanol–water partition coefficient (Wildman–Crippen LogP) is 4.24. The van der Waals surface area contributed by atoms with Gasteiger partial charge in [0.2, 0.25) is 0 Å². The van der Waals surface area contributed by atoms with Crippen molar-refractivity contribution in [1.82, 2.24) is 0 Å². The number of unbranched alkanes of at least 4 members (excludes halogenated alkanes) is 6. The maximum Gasteiger partial charge on any atom is 0.305 e. The molecule has 0 spiro atoms. The highest BCUT2D eigenvalue weighted by Crippen LogP contribution is 2.31. The lowest BCUT2D eigenvalue weighted by Crippen LogP contribution is -2.01. The van der Waals surface area contributed by atoms with Gasteiger partial charge in [0.25, 0.3) is 0 Å². The SMILES string of the molecule is CCCCCCCCCC1OC1CCCC(=O)OC. The minimum Gasteiger partial charge on any atom is -0.469 e. The second kappa shape index (κ2) is 10.2. The molecule has 112 valence electrons. The molecule has 0 aliphatic carbocycles. The van der Waals surface area contributed by atoms with Gasteiger partial charge in [0.15, 0.2) is 0 Å². The number of epoxide rings is 1. The van der Waals surface area contributed by atoms with Crippen LogP contribution in [0.1, 0.15) is 77.6 Å². The summed E-state index contributed by atoms with van der Waals surface area (Å²) < 4.78 is 10.2. The lowest BCUT2D eigenvalue weighted by Gasteiger charge is -2.00. The van der Waals surface area contributed by atoms with E-state index >= 15 is 0 Å². The van der Waals surface area contributed by atoms with Crippen LogP contribution in [-0.2, 0) is 14.3 Å². The fourth-order valence-corrected chi connectivity index (χ4v) is 2.54. The molecule has 3 heteroatoms. The maximum absolute atomic E-state index is 11.0. The Morgan fingerprint density at radius 2 is 1.53 bits per heavy atom. The van der Waals surface area contributed by atoms with Gasteiger partial charge in [-0.1, -0.05) is 51.9 Å². The number of esters is 1. The molecule has 0 aromatic rings. The number of hydrogen-bond donors (Lipinski definition) is 0. The highest BCUT2D eigenvalue weighted by atomic mass is 16.6. The van der Waals surface area contributed by atoms with Crippen LogP contribution in [0.25, 0.3) is 0 Å². The van der Waals surface area contributed by atoms with E-state index in [2.05, 4.69) is 11.7 Å². The predicted molar refractivity (Wildman–Crippen MR) is 77.1 cm³/mol. The Labute approximate surface area is 118 Å². The van der Waals surface area contributed by atoms with Gasteiger partial charge in [-0.2, -0.15) is 0 Å². The lowest BCUT2D eigenvalue weighted by molar-refractivity contribution is -0.140. The molecule has 0 aromatic heterocycles.